The highest BCUT2D eigenvalue weighted by molar-refractivity contribution is 7.80. The molecule has 2 heterocycles. The van der Waals surface area contributed by atoms with E-state index in [0.29, 0.717) is 16.7 Å². The molecule has 154 valence electrons. The monoisotopic (exact) mass is 435 g/mol. The fourth-order valence-electron chi connectivity index (χ4n) is 2.92. The van der Waals surface area contributed by atoms with Crippen LogP contribution in [0, 0.1) is 10.1 Å². The zero-order chi connectivity index (χ0) is 22.0. The first-order chi connectivity index (χ1) is 14.9. The fraction of sp³-hybridized carbons (Fsp3) is 0. The van der Waals surface area contributed by atoms with Crippen molar-refractivity contribution in [3.8, 4) is 11.3 Å². The number of furan rings is 1. The normalized spacial score (nSPS) is 10.6. The van der Waals surface area contributed by atoms with Crippen molar-refractivity contribution in [2.45, 2.75) is 0 Å². The molecular formula is C21H13N3O6S. The number of para-hydroxylation sites is 1. The van der Waals surface area contributed by atoms with Crippen molar-refractivity contribution in [1.82, 2.24) is 5.32 Å². The van der Waals surface area contributed by atoms with E-state index in [1.54, 1.807) is 36.4 Å². The maximum Gasteiger partial charge on any atom is 0.336 e. The van der Waals surface area contributed by atoms with Crippen LogP contribution in [0.3, 0.4) is 0 Å². The molecule has 31 heavy (non-hydrogen) atoms. The van der Waals surface area contributed by atoms with Crippen molar-refractivity contribution < 1.29 is 18.6 Å². The lowest BCUT2D eigenvalue weighted by molar-refractivity contribution is -0.384. The molecule has 0 aliphatic rings. The van der Waals surface area contributed by atoms with Crippen LogP contribution in [-0.4, -0.2) is 15.9 Å². The van der Waals surface area contributed by atoms with E-state index >= 15 is 0 Å². The van der Waals surface area contributed by atoms with Crippen molar-refractivity contribution in [2.24, 2.45) is 0 Å². The molecule has 1 amide bonds. The van der Waals surface area contributed by atoms with Crippen LogP contribution in [0.5, 0.6) is 0 Å². The van der Waals surface area contributed by atoms with Gasteiger partial charge in [-0.15, -0.1) is 0 Å². The number of rotatable bonds is 4. The van der Waals surface area contributed by atoms with Gasteiger partial charge in [-0.25, -0.2) is 4.79 Å². The van der Waals surface area contributed by atoms with Crippen LogP contribution in [0.4, 0.5) is 11.4 Å². The number of nitrogens with one attached hydrogen (secondary N) is 2. The zero-order valence-corrected chi connectivity index (χ0v) is 16.5. The smallest absolute Gasteiger partial charge is 0.336 e. The molecule has 9 nitrogen and oxygen atoms in total. The molecule has 2 aromatic heterocycles. The minimum absolute atomic E-state index is 0.0189. The van der Waals surface area contributed by atoms with E-state index in [4.69, 9.17) is 21.1 Å². The molecule has 0 radical (unpaired) electrons. The maximum absolute atomic E-state index is 12.4. The van der Waals surface area contributed by atoms with Crippen LogP contribution in [0.1, 0.15) is 10.6 Å². The molecule has 0 atom stereocenters. The van der Waals surface area contributed by atoms with E-state index in [9.17, 15) is 19.7 Å². The molecule has 4 aromatic rings. The lowest BCUT2D eigenvalue weighted by atomic mass is 10.1. The number of hydrogen-bond donors (Lipinski definition) is 2. The first-order valence-electron chi connectivity index (χ1n) is 8.90. The summed E-state index contributed by atoms with van der Waals surface area (Å²) in [6.45, 7) is 0. The summed E-state index contributed by atoms with van der Waals surface area (Å²) in [7, 11) is 0. The Morgan fingerprint density at radius 3 is 2.61 bits per heavy atom. The summed E-state index contributed by atoms with van der Waals surface area (Å²) in [5.41, 5.74) is 0.677. The van der Waals surface area contributed by atoms with Gasteiger partial charge in [0.15, 0.2) is 10.9 Å². The second-order valence-electron chi connectivity index (χ2n) is 6.35. The Labute approximate surface area is 179 Å². The van der Waals surface area contributed by atoms with Gasteiger partial charge in [0.1, 0.15) is 11.3 Å². The molecule has 0 spiro atoms. The molecule has 0 bridgehead atoms. The van der Waals surface area contributed by atoms with Gasteiger partial charge in [0.2, 0.25) is 0 Å². The molecule has 0 saturated heterocycles. The molecule has 0 unspecified atom stereocenters. The second-order valence-corrected chi connectivity index (χ2v) is 6.76. The Hall–Kier alpha value is -4.31. The third kappa shape index (κ3) is 4.33. The van der Waals surface area contributed by atoms with Crippen LogP contribution < -0.4 is 16.3 Å². The molecule has 2 N–H and O–H groups in total. The van der Waals surface area contributed by atoms with Gasteiger partial charge in [0.05, 0.1) is 10.5 Å². The molecule has 4 rings (SSSR count). The SMILES string of the molecule is O=C(NC(=S)Nc1ccc2oc(=O)ccc2c1)c1ccc(-c2ccccc2[N+](=O)[O-])o1. The minimum Gasteiger partial charge on any atom is -0.451 e. The number of hydrogen-bond acceptors (Lipinski definition) is 7. The largest absolute Gasteiger partial charge is 0.451 e. The Bertz CT molecular complexity index is 1390. The highest BCUT2D eigenvalue weighted by Crippen LogP contribution is 2.30. The van der Waals surface area contributed by atoms with Gasteiger partial charge < -0.3 is 14.2 Å². The Balaban J connectivity index is 1.47. The number of fused-ring (bicyclic) bond motifs is 1. The van der Waals surface area contributed by atoms with E-state index in [-0.39, 0.29) is 27.9 Å². The third-order valence-corrected chi connectivity index (χ3v) is 4.50. The van der Waals surface area contributed by atoms with Crippen LogP contribution in [-0.2, 0) is 0 Å². The molecule has 2 aromatic carbocycles. The predicted molar refractivity (Wildman–Crippen MR) is 117 cm³/mol. The van der Waals surface area contributed by atoms with Crippen molar-refractivity contribution in [3.63, 3.8) is 0 Å². The van der Waals surface area contributed by atoms with E-state index in [2.05, 4.69) is 10.6 Å². The number of nitrogens with zero attached hydrogens (tertiary/aromatic N) is 1. The van der Waals surface area contributed by atoms with Crippen LogP contribution >= 0.6 is 12.2 Å². The molecule has 0 fully saturated rings. The molecule has 0 aliphatic heterocycles. The molecule has 10 heteroatoms. The first-order valence-corrected chi connectivity index (χ1v) is 9.31. The zero-order valence-electron chi connectivity index (χ0n) is 15.7. The number of nitro groups is 1. The van der Waals surface area contributed by atoms with Crippen LogP contribution in [0.2, 0.25) is 0 Å². The van der Waals surface area contributed by atoms with Gasteiger partial charge in [-0.2, -0.15) is 0 Å². The average Bonchev–Trinajstić information content (AvgIpc) is 3.24. The predicted octanol–water partition coefficient (Wildman–Crippen LogP) is 4.09. The van der Waals surface area contributed by atoms with Gasteiger partial charge in [-0.05, 0) is 54.7 Å². The van der Waals surface area contributed by atoms with Gasteiger partial charge in [0, 0.05) is 23.2 Å². The number of thiocarbonyl (C=S) groups is 1. The second kappa shape index (κ2) is 8.20. The van der Waals surface area contributed by atoms with Crippen molar-refractivity contribution >= 4 is 45.6 Å². The Kier molecular flexibility index (Phi) is 5.29. The van der Waals surface area contributed by atoms with E-state index in [1.165, 1.54) is 30.3 Å². The summed E-state index contributed by atoms with van der Waals surface area (Å²) in [5, 5.41) is 17.2. The summed E-state index contributed by atoms with van der Waals surface area (Å²) in [6.07, 6.45) is 0. The third-order valence-electron chi connectivity index (χ3n) is 4.30. The van der Waals surface area contributed by atoms with Gasteiger partial charge in [-0.3, -0.25) is 20.2 Å². The van der Waals surface area contributed by atoms with Crippen LogP contribution in [0.25, 0.3) is 22.3 Å². The minimum atomic E-state index is -0.617. The Morgan fingerprint density at radius 2 is 1.81 bits per heavy atom. The van der Waals surface area contributed by atoms with Crippen molar-refractivity contribution in [3.05, 3.63) is 93.0 Å². The van der Waals surface area contributed by atoms with Crippen molar-refractivity contribution in [1.29, 1.82) is 0 Å². The first kappa shape index (κ1) is 20.0. The van der Waals surface area contributed by atoms with E-state index in [0.717, 1.165) is 0 Å². The summed E-state index contributed by atoms with van der Waals surface area (Å²) >= 11 is 5.16. The standard InChI is InChI=1S/C21H13N3O6S/c25-19-10-5-12-11-13(6-7-16(12)30-19)22-21(31)23-20(26)18-9-8-17(29-18)14-3-1-2-4-15(14)24(27)28/h1-11H,(H2,22,23,26,31). The summed E-state index contributed by atoms with van der Waals surface area (Å²) in [5.74, 6) is -0.487. The highest BCUT2D eigenvalue weighted by atomic mass is 32.1. The fourth-order valence-corrected chi connectivity index (χ4v) is 3.13. The molecular weight excluding hydrogens is 422 g/mol. The number of amides is 1. The van der Waals surface area contributed by atoms with E-state index < -0.39 is 16.5 Å². The topological polar surface area (TPSA) is 128 Å². The number of nitro benzene ring substituents is 1. The van der Waals surface area contributed by atoms with Crippen molar-refractivity contribution in [2.75, 3.05) is 5.32 Å². The van der Waals surface area contributed by atoms with Gasteiger partial charge in [-0.1, -0.05) is 12.1 Å². The Morgan fingerprint density at radius 1 is 1.00 bits per heavy atom. The maximum atomic E-state index is 12.4. The number of carbonyl (C=O) groups excluding carboxylic acids is 1. The molecule has 0 aliphatic carbocycles. The van der Waals surface area contributed by atoms with Crippen LogP contribution in [0.15, 0.2) is 80.4 Å². The average molecular weight is 435 g/mol. The molecule has 0 saturated carbocycles. The number of carbonyl (C=O) groups is 1. The van der Waals surface area contributed by atoms with Gasteiger partial charge >= 0.3 is 5.63 Å². The van der Waals surface area contributed by atoms with E-state index in [1.807, 2.05) is 0 Å². The lowest BCUT2D eigenvalue weighted by Gasteiger charge is -2.09. The summed E-state index contributed by atoms with van der Waals surface area (Å²) < 4.78 is 10.6. The number of benzene rings is 2. The quantitative estimate of drug-likeness (QED) is 0.212. The number of anilines is 1. The van der Waals surface area contributed by atoms with Gasteiger partial charge in [0.25, 0.3) is 11.6 Å². The highest BCUT2D eigenvalue weighted by Gasteiger charge is 2.19. The lowest BCUT2D eigenvalue weighted by Crippen LogP contribution is -2.33. The summed E-state index contributed by atoms with van der Waals surface area (Å²) in [4.78, 5) is 34.4. The summed E-state index contributed by atoms with van der Waals surface area (Å²) in [6, 6.07) is 16.8.